The second kappa shape index (κ2) is 8.96. The van der Waals surface area contributed by atoms with E-state index in [0.717, 1.165) is 11.6 Å². The maximum Gasteiger partial charge on any atom is 0.260 e. The van der Waals surface area contributed by atoms with Crippen LogP contribution >= 0.6 is 11.6 Å². The zero-order valence-corrected chi connectivity index (χ0v) is 18.4. The van der Waals surface area contributed by atoms with Gasteiger partial charge in [0.05, 0.1) is 23.4 Å². The third-order valence-corrected chi connectivity index (χ3v) is 5.58. The average Bonchev–Trinajstić information content (AvgIpc) is 3.02. The van der Waals surface area contributed by atoms with Crippen LogP contribution < -0.4 is 15.0 Å². The zero-order valence-electron chi connectivity index (χ0n) is 17.7. The minimum absolute atomic E-state index is 0.172. The molecule has 5 rings (SSSR count). The Labute approximate surface area is 199 Å². The van der Waals surface area contributed by atoms with Gasteiger partial charge in [0, 0.05) is 16.8 Å². The normalized spacial score (nSPS) is 12.1. The summed E-state index contributed by atoms with van der Waals surface area (Å²) >= 11 is 5.86. The van der Waals surface area contributed by atoms with E-state index < -0.39 is 11.7 Å². The number of halogens is 2. The summed E-state index contributed by atoms with van der Waals surface area (Å²) in [5.41, 5.74) is 1.63. The van der Waals surface area contributed by atoms with Gasteiger partial charge in [0.1, 0.15) is 17.4 Å². The Morgan fingerprint density at radius 1 is 0.971 bits per heavy atom. The van der Waals surface area contributed by atoms with E-state index in [-0.39, 0.29) is 22.3 Å². The SMILES string of the molecule is O=C(Nc1ccc(C(=O)N2Cc3ccccc3Oc3ccccc32)cn1)c1cc(Cl)ccc1F. The van der Waals surface area contributed by atoms with E-state index in [2.05, 4.69) is 10.3 Å². The van der Waals surface area contributed by atoms with Crippen LogP contribution in [0.1, 0.15) is 26.3 Å². The Bertz CT molecular complexity index is 1410. The van der Waals surface area contributed by atoms with E-state index in [4.69, 9.17) is 16.3 Å². The van der Waals surface area contributed by atoms with Crippen LogP contribution in [0.25, 0.3) is 0 Å². The summed E-state index contributed by atoms with van der Waals surface area (Å²) in [6, 6.07) is 21.6. The fourth-order valence-corrected chi connectivity index (χ4v) is 3.83. The van der Waals surface area contributed by atoms with Gasteiger partial charge in [-0.15, -0.1) is 0 Å². The molecule has 0 aliphatic carbocycles. The van der Waals surface area contributed by atoms with E-state index in [1.54, 1.807) is 11.0 Å². The molecule has 34 heavy (non-hydrogen) atoms. The molecule has 0 fully saturated rings. The standard InChI is InChI=1S/C26H17ClFN3O3/c27-18-10-11-20(28)19(13-18)25(32)30-24-12-9-16(14-29-24)26(33)31-15-17-5-1-3-7-22(17)34-23-8-4-2-6-21(23)31/h1-14H,15H2,(H,29,30,32). The quantitative estimate of drug-likeness (QED) is 0.391. The molecule has 8 heteroatoms. The second-order valence-corrected chi connectivity index (χ2v) is 8.02. The van der Waals surface area contributed by atoms with Crippen molar-refractivity contribution < 1.29 is 18.7 Å². The molecule has 1 aliphatic rings. The Morgan fingerprint density at radius 3 is 2.53 bits per heavy atom. The Hall–Kier alpha value is -4.23. The number of nitrogens with zero attached hydrogens (tertiary/aromatic N) is 2. The van der Waals surface area contributed by atoms with Gasteiger partial charge in [0.25, 0.3) is 11.8 Å². The number of pyridine rings is 1. The van der Waals surface area contributed by atoms with Crippen molar-refractivity contribution in [1.29, 1.82) is 0 Å². The smallest absolute Gasteiger partial charge is 0.260 e. The van der Waals surface area contributed by atoms with E-state index in [1.807, 2.05) is 48.5 Å². The number of fused-ring (bicyclic) bond motifs is 2. The lowest BCUT2D eigenvalue weighted by Crippen LogP contribution is -2.30. The van der Waals surface area contributed by atoms with Gasteiger partial charge in [0.2, 0.25) is 0 Å². The number of benzene rings is 3. The molecule has 0 spiro atoms. The lowest BCUT2D eigenvalue weighted by atomic mass is 10.1. The summed E-state index contributed by atoms with van der Waals surface area (Å²) in [6.45, 7) is 0.318. The van der Waals surface area contributed by atoms with Crippen LogP contribution in [-0.4, -0.2) is 16.8 Å². The number of nitrogens with one attached hydrogen (secondary N) is 1. The second-order valence-electron chi connectivity index (χ2n) is 7.58. The molecule has 2 amide bonds. The van der Waals surface area contributed by atoms with Crippen LogP contribution in [0.15, 0.2) is 85.1 Å². The summed E-state index contributed by atoms with van der Waals surface area (Å²) in [7, 11) is 0. The summed E-state index contributed by atoms with van der Waals surface area (Å²) < 4.78 is 20.0. The molecule has 0 radical (unpaired) electrons. The summed E-state index contributed by atoms with van der Waals surface area (Å²) in [5, 5.41) is 2.76. The van der Waals surface area contributed by atoms with Gasteiger partial charge >= 0.3 is 0 Å². The molecule has 0 bridgehead atoms. The van der Waals surface area contributed by atoms with E-state index >= 15 is 0 Å². The minimum Gasteiger partial charge on any atom is -0.455 e. The molecule has 168 valence electrons. The average molecular weight is 474 g/mol. The maximum absolute atomic E-state index is 14.0. The molecule has 0 saturated carbocycles. The number of anilines is 2. The Balaban J connectivity index is 1.40. The van der Waals surface area contributed by atoms with Crippen molar-refractivity contribution in [3.8, 4) is 11.5 Å². The topological polar surface area (TPSA) is 71.5 Å². The number of hydrogen-bond donors (Lipinski definition) is 1. The first-order valence-corrected chi connectivity index (χ1v) is 10.8. The number of ether oxygens (including phenoxy) is 1. The summed E-state index contributed by atoms with van der Waals surface area (Å²) in [4.78, 5) is 31.6. The van der Waals surface area contributed by atoms with E-state index in [9.17, 15) is 14.0 Å². The molecule has 0 saturated heterocycles. The highest BCUT2D eigenvalue weighted by molar-refractivity contribution is 6.31. The van der Waals surface area contributed by atoms with Gasteiger partial charge in [-0.25, -0.2) is 9.37 Å². The van der Waals surface area contributed by atoms with Gasteiger partial charge in [-0.2, -0.15) is 0 Å². The fraction of sp³-hybridized carbons (Fsp3) is 0.0385. The van der Waals surface area contributed by atoms with Crippen molar-refractivity contribution in [3.05, 3.63) is 113 Å². The molecule has 1 aromatic heterocycles. The maximum atomic E-state index is 14.0. The molecule has 2 heterocycles. The molecule has 1 N–H and O–H groups in total. The molecule has 4 aromatic rings. The summed E-state index contributed by atoms with van der Waals surface area (Å²) in [5.74, 6) is -0.237. The van der Waals surface area contributed by atoms with Gasteiger partial charge < -0.3 is 15.0 Å². The monoisotopic (exact) mass is 473 g/mol. The predicted molar refractivity (Wildman–Crippen MR) is 127 cm³/mol. The lowest BCUT2D eigenvalue weighted by Gasteiger charge is -2.22. The number of carbonyl (C=O) groups excluding carboxylic acids is 2. The molecule has 6 nitrogen and oxygen atoms in total. The zero-order chi connectivity index (χ0) is 23.7. The van der Waals surface area contributed by atoms with Crippen LogP contribution in [0.5, 0.6) is 11.5 Å². The van der Waals surface area contributed by atoms with Crippen molar-refractivity contribution in [3.63, 3.8) is 0 Å². The first-order valence-electron chi connectivity index (χ1n) is 10.4. The van der Waals surface area contributed by atoms with E-state index in [0.29, 0.717) is 29.3 Å². The molecular weight excluding hydrogens is 457 g/mol. The molecule has 3 aromatic carbocycles. The third kappa shape index (κ3) is 4.21. The number of hydrogen-bond acceptors (Lipinski definition) is 4. The van der Waals surface area contributed by atoms with Gasteiger partial charge in [-0.1, -0.05) is 41.9 Å². The largest absolute Gasteiger partial charge is 0.455 e. The molecule has 0 atom stereocenters. The lowest BCUT2D eigenvalue weighted by molar-refractivity contribution is 0.0983. The number of para-hydroxylation sites is 3. The van der Waals surface area contributed by atoms with Crippen molar-refractivity contribution in [2.24, 2.45) is 0 Å². The van der Waals surface area contributed by atoms with Crippen LogP contribution in [0, 0.1) is 5.82 Å². The molecular formula is C26H17ClFN3O3. The highest BCUT2D eigenvalue weighted by Gasteiger charge is 2.26. The minimum atomic E-state index is -0.698. The van der Waals surface area contributed by atoms with Crippen LogP contribution in [0.4, 0.5) is 15.9 Å². The van der Waals surface area contributed by atoms with Gasteiger partial charge in [0.15, 0.2) is 5.75 Å². The van der Waals surface area contributed by atoms with Crippen LogP contribution in [0.2, 0.25) is 5.02 Å². The van der Waals surface area contributed by atoms with Crippen molar-refractivity contribution in [1.82, 2.24) is 4.98 Å². The van der Waals surface area contributed by atoms with E-state index in [1.165, 1.54) is 24.4 Å². The van der Waals surface area contributed by atoms with Gasteiger partial charge in [-0.3, -0.25) is 9.59 Å². The Kier molecular flexibility index (Phi) is 5.69. The van der Waals surface area contributed by atoms with Crippen molar-refractivity contribution in [2.75, 3.05) is 10.2 Å². The predicted octanol–water partition coefficient (Wildman–Crippen LogP) is 6.08. The van der Waals surface area contributed by atoms with Crippen molar-refractivity contribution in [2.45, 2.75) is 6.54 Å². The van der Waals surface area contributed by atoms with Crippen molar-refractivity contribution >= 4 is 34.9 Å². The number of amides is 2. The first-order chi connectivity index (χ1) is 16.5. The molecule has 0 unspecified atom stereocenters. The molecule has 1 aliphatic heterocycles. The van der Waals surface area contributed by atoms with Crippen LogP contribution in [-0.2, 0) is 6.54 Å². The summed E-state index contributed by atoms with van der Waals surface area (Å²) in [6.07, 6.45) is 1.37. The van der Waals surface area contributed by atoms with Gasteiger partial charge in [-0.05, 0) is 48.5 Å². The van der Waals surface area contributed by atoms with Crippen LogP contribution in [0.3, 0.4) is 0 Å². The highest BCUT2D eigenvalue weighted by Crippen LogP contribution is 2.39. The Morgan fingerprint density at radius 2 is 1.74 bits per heavy atom. The number of rotatable bonds is 3. The number of carbonyl (C=O) groups is 2. The third-order valence-electron chi connectivity index (χ3n) is 5.35. The first kappa shape index (κ1) is 21.6. The highest BCUT2D eigenvalue weighted by atomic mass is 35.5. The number of aromatic nitrogens is 1. The fourth-order valence-electron chi connectivity index (χ4n) is 3.66.